The van der Waals surface area contributed by atoms with Crippen LogP contribution in [0.15, 0.2) is 102 Å². The van der Waals surface area contributed by atoms with Gasteiger partial charge < -0.3 is 25.7 Å². The molecule has 0 radical (unpaired) electrons. The number of benzene rings is 3. The molecular formula is C33H36N4O5S. The van der Waals surface area contributed by atoms with Gasteiger partial charge in [0.2, 0.25) is 5.71 Å². The average molecular weight is 601 g/mol. The first kappa shape index (κ1) is 31.4. The van der Waals surface area contributed by atoms with Crippen LogP contribution in [0.25, 0.3) is 0 Å². The summed E-state index contributed by atoms with van der Waals surface area (Å²) in [7, 11) is 0. The summed E-state index contributed by atoms with van der Waals surface area (Å²) < 4.78 is 5.36. The molecule has 0 saturated carbocycles. The lowest BCUT2D eigenvalue weighted by Gasteiger charge is -2.36. The van der Waals surface area contributed by atoms with E-state index in [1.165, 1.54) is 18.3 Å². The van der Waals surface area contributed by atoms with E-state index in [1.807, 2.05) is 91.0 Å². The van der Waals surface area contributed by atoms with E-state index in [1.54, 1.807) is 26.2 Å². The highest BCUT2D eigenvalue weighted by Gasteiger charge is 2.37. The molecular weight excluding hydrogens is 564 g/mol. The second-order valence-corrected chi connectivity index (χ2v) is 12.1. The number of carboxylic acid groups (broad SMARTS) is 1. The van der Waals surface area contributed by atoms with E-state index < -0.39 is 28.6 Å². The minimum atomic E-state index is -1.33. The SMILES string of the molecule is CC(C)(C)OC(=O)C(C)(N)CCO/N=C(\C(=O)O)c1csc(NC(c2ccccc2)(c2ccccc2)c2ccccc2)n1. The summed E-state index contributed by atoms with van der Waals surface area (Å²) in [4.78, 5) is 34.5. The fourth-order valence-electron chi connectivity index (χ4n) is 4.44. The fraction of sp³-hybridized carbons (Fsp3) is 0.273. The summed E-state index contributed by atoms with van der Waals surface area (Å²) in [5, 5.41) is 19.5. The van der Waals surface area contributed by atoms with Crippen LogP contribution in [-0.4, -0.2) is 45.5 Å². The maximum absolute atomic E-state index is 12.4. The third kappa shape index (κ3) is 7.65. The van der Waals surface area contributed by atoms with Crippen molar-refractivity contribution in [1.29, 1.82) is 0 Å². The Kier molecular flexibility index (Phi) is 9.63. The van der Waals surface area contributed by atoms with Gasteiger partial charge in [-0.3, -0.25) is 4.79 Å². The fourth-order valence-corrected chi connectivity index (χ4v) is 5.19. The molecule has 0 saturated heterocycles. The molecule has 224 valence electrons. The second kappa shape index (κ2) is 13.2. The number of nitrogens with two attached hydrogens (primary N) is 1. The summed E-state index contributed by atoms with van der Waals surface area (Å²) in [5.74, 6) is -1.89. The number of hydrogen-bond donors (Lipinski definition) is 3. The minimum absolute atomic E-state index is 0.0654. The number of carbonyl (C=O) groups excluding carboxylic acids is 1. The highest BCUT2D eigenvalue weighted by molar-refractivity contribution is 7.14. The Morgan fingerprint density at radius 1 is 0.884 bits per heavy atom. The standard InChI is InChI=1S/C33H36N4O5S/c1-31(2,3)42-29(40)32(4,34)20-21-41-37-27(28(38)39)26-22-43-30(35-26)36-33(23-14-8-5-9-15-23,24-16-10-6-11-17-24)25-18-12-7-13-19-25/h5-19,22H,20-21,34H2,1-4H3,(H,35,36)(H,38,39)/b37-27-. The van der Waals surface area contributed by atoms with E-state index in [9.17, 15) is 14.7 Å². The molecule has 4 N–H and O–H groups in total. The van der Waals surface area contributed by atoms with Crippen LogP contribution in [0.2, 0.25) is 0 Å². The highest BCUT2D eigenvalue weighted by atomic mass is 32.1. The Hall–Kier alpha value is -4.54. The first-order valence-electron chi connectivity index (χ1n) is 13.8. The van der Waals surface area contributed by atoms with Gasteiger partial charge in [0.15, 0.2) is 5.13 Å². The highest BCUT2D eigenvalue weighted by Crippen LogP contribution is 2.40. The van der Waals surface area contributed by atoms with Crippen molar-refractivity contribution in [2.24, 2.45) is 10.9 Å². The summed E-state index contributed by atoms with van der Waals surface area (Å²) in [5.41, 5.74) is 5.97. The molecule has 1 aromatic heterocycles. The molecule has 4 aromatic rings. The Labute approximate surface area is 255 Å². The van der Waals surface area contributed by atoms with Gasteiger partial charge >= 0.3 is 11.9 Å². The van der Waals surface area contributed by atoms with Gasteiger partial charge in [-0.15, -0.1) is 11.3 Å². The zero-order chi connectivity index (χ0) is 31.1. The number of thiazole rings is 1. The van der Waals surface area contributed by atoms with Crippen LogP contribution in [0.3, 0.4) is 0 Å². The number of nitrogens with zero attached hydrogens (tertiary/aromatic N) is 2. The number of oxime groups is 1. The Morgan fingerprint density at radius 3 is 1.81 bits per heavy atom. The molecule has 0 aliphatic heterocycles. The number of esters is 1. The molecule has 0 fully saturated rings. The number of anilines is 1. The van der Waals surface area contributed by atoms with Crippen LogP contribution >= 0.6 is 11.3 Å². The molecule has 0 bridgehead atoms. The smallest absolute Gasteiger partial charge is 0.360 e. The van der Waals surface area contributed by atoms with E-state index >= 15 is 0 Å². The average Bonchev–Trinajstić information content (AvgIpc) is 3.44. The molecule has 0 spiro atoms. The minimum Gasteiger partial charge on any atom is -0.476 e. The molecule has 1 unspecified atom stereocenters. The van der Waals surface area contributed by atoms with Crippen molar-refractivity contribution in [2.45, 2.75) is 50.8 Å². The van der Waals surface area contributed by atoms with E-state index in [0.717, 1.165) is 16.7 Å². The first-order chi connectivity index (χ1) is 20.4. The largest absolute Gasteiger partial charge is 0.476 e. The third-order valence-corrected chi connectivity index (χ3v) is 7.36. The van der Waals surface area contributed by atoms with Crippen molar-refractivity contribution in [3.05, 3.63) is 119 Å². The predicted octanol–water partition coefficient (Wildman–Crippen LogP) is 5.80. The molecule has 1 heterocycles. The molecule has 10 heteroatoms. The van der Waals surface area contributed by atoms with Gasteiger partial charge in [-0.2, -0.15) is 0 Å². The van der Waals surface area contributed by atoms with E-state index in [4.69, 9.17) is 15.3 Å². The normalized spacial score (nSPS) is 13.6. The van der Waals surface area contributed by atoms with Gasteiger partial charge in [-0.25, -0.2) is 9.78 Å². The lowest BCUT2D eigenvalue weighted by Crippen LogP contribution is -2.49. The maximum atomic E-state index is 12.4. The number of carboxylic acids is 1. The molecule has 0 aliphatic rings. The molecule has 0 aliphatic carbocycles. The first-order valence-corrected chi connectivity index (χ1v) is 14.7. The maximum Gasteiger partial charge on any atom is 0.360 e. The predicted molar refractivity (Wildman–Crippen MR) is 168 cm³/mol. The summed E-state index contributed by atoms with van der Waals surface area (Å²) in [6, 6.07) is 30.0. The monoisotopic (exact) mass is 600 g/mol. The van der Waals surface area contributed by atoms with Crippen LogP contribution in [0.4, 0.5) is 5.13 Å². The summed E-state index contributed by atoms with van der Waals surface area (Å²) in [6.45, 7) is 6.69. The van der Waals surface area contributed by atoms with Crippen molar-refractivity contribution in [2.75, 3.05) is 11.9 Å². The molecule has 4 rings (SSSR count). The summed E-state index contributed by atoms with van der Waals surface area (Å²) >= 11 is 1.26. The molecule has 1 atom stereocenters. The Morgan fingerprint density at radius 2 is 1.37 bits per heavy atom. The van der Waals surface area contributed by atoms with E-state index in [2.05, 4.69) is 15.5 Å². The van der Waals surface area contributed by atoms with Crippen LogP contribution in [-0.2, 0) is 24.7 Å². The van der Waals surface area contributed by atoms with Gasteiger partial charge in [0, 0.05) is 11.8 Å². The lowest BCUT2D eigenvalue weighted by molar-refractivity contribution is -0.161. The lowest BCUT2D eigenvalue weighted by atomic mass is 9.77. The van der Waals surface area contributed by atoms with Crippen molar-refractivity contribution < 1.29 is 24.3 Å². The second-order valence-electron chi connectivity index (χ2n) is 11.3. The van der Waals surface area contributed by atoms with Gasteiger partial charge in [0.1, 0.15) is 29.0 Å². The topological polar surface area (TPSA) is 136 Å². The van der Waals surface area contributed by atoms with Crippen LogP contribution in [0.1, 0.15) is 56.5 Å². The van der Waals surface area contributed by atoms with Crippen molar-refractivity contribution in [3.63, 3.8) is 0 Å². The molecule has 0 amide bonds. The van der Waals surface area contributed by atoms with Crippen LogP contribution < -0.4 is 11.1 Å². The van der Waals surface area contributed by atoms with Crippen molar-refractivity contribution in [3.8, 4) is 0 Å². The Bertz CT molecular complexity index is 1450. The summed E-state index contributed by atoms with van der Waals surface area (Å²) in [6.07, 6.45) is 0.0654. The number of carbonyl (C=O) groups is 2. The number of nitrogens with one attached hydrogen (secondary N) is 1. The van der Waals surface area contributed by atoms with Gasteiger partial charge in [-0.1, -0.05) is 96.2 Å². The van der Waals surface area contributed by atoms with Crippen molar-refractivity contribution >= 4 is 34.1 Å². The van der Waals surface area contributed by atoms with Crippen LogP contribution in [0.5, 0.6) is 0 Å². The quantitative estimate of drug-likeness (QED) is 0.0610. The molecule has 3 aromatic carbocycles. The van der Waals surface area contributed by atoms with E-state index in [-0.39, 0.29) is 24.4 Å². The third-order valence-electron chi connectivity index (χ3n) is 6.60. The number of rotatable bonds is 12. The number of hydrogen-bond acceptors (Lipinski definition) is 9. The van der Waals surface area contributed by atoms with Gasteiger partial charge in [-0.05, 0) is 44.4 Å². The zero-order valence-electron chi connectivity index (χ0n) is 24.6. The number of ether oxygens (including phenoxy) is 1. The number of aromatic nitrogens is 1. The molecule has 9 nitrogen and oxygen atoms in total. The Balaban J connectivity index is 1.62. The zero-order valence-corrected chi connectivity index (χ0v) is 25.4. The van der Waals surface area contributed by atoms with Gasteiger partial charge in [0.05, 0.1) is 0 Å². The van der Waals surface area contributed by atoms with E-state index in [0.29, 0.717) is 5.13 Å². The van der Waals surface area contributed by atoms with Crippen molar-refractivity contribution in [1.82, 2.24) is 4.98 Å². The van der Waals surface area contributed by atoms with Gasteiger partial charge in [0.25, 0.3) is 0 Å². The molecule has 43 heavy (non-hydrogen) atoms. The van der Waals surface area contributed by atoms with Crippen LogP contribution in [0, 0.1) is 0 Å². The number of aliphatic carboxylic acids is 1.